The molecule has 0 amide bonds. The molecule has 2 nitrogen and oxygen atoms in total. The Morgan fingerprint density at radius 3 is 2.79 bits per heavy atom. The molecule has 0 saturated heterocycles. The molecular weight excluding hydrogens is 192 g/mol. The van der Waals surface area contributed by atoms with Gasteiger partial charge >= 0.3 is 0 Å². The Kier molecular flexibility index (Phi) is 6.28. The van der Waals surface area contributed by atoms with Crippen LogP contribution in [0, 0.1) is 0 Å². The van der Waals surface area contributed by atoms with Crippen molar-refractivity contribution in [3.05, 3.63) is 0 Å². The van der Waals surface area contributed by atoms with Crippen LogP contribution in [0.1, 0.15) is 45.4 Å². The van der Waals surface area contributed by atoms with Crippen molar-refractivity contribution in [3.8, 4) is 0 Å². The summed E-state index contributed by atoms with van der Waals surface area (Å²) in [6, 6.07) is 0.226. The Morgan fingerprint density at radius 1 is 1.36 bits per heavy atom. The van der Waals surface area contributed by atoms with Crippen molar-refractivity contribution in [1.82, 2.24) is 0 Å². The molecule has 1 aliphatic rings. The maximum absolute atomic E-state index is 6.04. The van der Waals surface area contributed by atoms with Crippen LogP contribution in [0.5, 0.6) is 0 Å². The van der Waals surface area contributed by atoms with Crippen LogP contribution in [0.15, 0.2) is 4.99 Å². The smallest absolute Gasteiger partial charge is 0.0844 e. The van der Waals surface area contributed by atoms with Gasteiger partial charge in [0.15, 0.2) is 0 Å². The molecule has 0 spiro atoms. The van der Waals surface area contributed by atoms with Crippen LogP contribution >= 0.6 is 11.8 Å². The number of hydrogen-bond acceptors (Lipinski definition) is 3. The Hall–Kier alpha value is -0.0200. The summed E-state index contributed by atoms with van der Waals surface area (Å²) in [7, 11) is 0. The van der Waals surface area contributed by atoms with Crippen molar-refractivity contribution in [2.45, 2.75) is 51.5 Å². The lowest BCUT2D eigenvalue weighted by atomic mass is 10.1. The minimum absolute atomic E-state index is 0.226. The van der Waals surface area contributed by atoms with E-state index in [1.54, 1.807) is 0 Å². The van der Waals surface area contributed by atoms with Crippen molar-refractivity contribution >= 4 is 16.8 Å². The maximum atomic E-state index is 6.04. The number of nitrogens with two attached hydrogens (primary N) is 1. The van der Waals surface area contributed by atoms with E-state index in [9.17, 15) is 0 Å². The number of aliphatic imine (C=N–C) groups is 1. The van der Waals surface area contributed by atoms with Crippen LogP contribution in [0.2, 0.25) is 0 Å². The van der Waals surface area contributed by atoms with Gasteiger partial charge in [0.25, 0.3) is 0 Å². The molecule has 2 N–H and O–H groups in total. The van der Waals surface area contributed by atoms with Gasteiger partial charge in [0.2, 0.25) is 0 Å². The molecule has 1 atom stereocenters. The fourth-order valence-corrected chi connectivity index (χ4v) is 2.57. The Balaban J connectivity index is 2.00. The largest absolute Gasteiger partial charge is 0.322 e. The topological polar surface area (TPSA) is 38.4 Å². The van der Waals surface area contributed by atoms with Gasteiger partial charge < -0.3 is 5.73 Å². The molecule has 0 aromatic carbocycles. The summed E-state index contributed by atoms with van der Waals surface area (Å²) < 4.78 is 0. The molecule has 1 unspecified atom stereocenters. The number of rotatable bonds is 7. The number of hydrogen-bond donors (Lipinski definition) is 1. The quantitative estimate of drug-likeness (QED) is 0.662. The zero-order chi connectivity index (χ0) is 10.2. The van der Waals surface area contributed by atoms with Crippen LogP contribution in [-0.4, -0.2) is 23.4 Å². The van der Waals surface area contributed by atoms with Crippen molar-refractivity contribution in [3.63, 3.8) is 0 Å². The fraction of sp³-hybridized carbons (Fsp3) is 0.909. The van der Waals surface area contributed by atoms with E-state index >= 15 is 0 Å². The predicted molar refractivity (Wildman–Crippen MR) is 66.1 cm³/mol. The first kappa shape index (κ1) is 12.1. The highest BCUT2D eigenvalue weighted by molar-refractivity contribution is 8.14. The second-order valence-corrected chi connectivity index (χ2v) is 4.99. The van der Waals surface area contributed by atoms with Gasteiger partial charge in [-0.15, -0.1) is 11.8 Å². The number of thioether (sulfide) groups is 1. The zero-order valence-electron chi connectivity index (χ0n) is 9.17. The van der Waals surface area contributed by atoms with E-state index in [0.29, 0.717) is 0 Å². The Bertz CT molecular complexity index is 180. The molecule has 0 bridgehead atoms. The lowest BCUT2D eigenvalue weighted by molar-refractivity contribution is 0.594. The highest BCUT2D eigenvalue weighted by Crippen LogP contribution is 2.17. The lowest BCUT2D eigenvalue weighted by Gasteiger charge is -2.10. The first-order valence-electron chi connectivity index (χ1n) is 5.77. The van der Waals surface area contributed by atoms with Gasteiger partial charge in [-0.3, -0.25) is 4.99 Å². The summed E-state index contributed by atoms with van der Waals surface area (Å²) >= 11 is 1.84. The molecule has 0 saturated carbocycles. The van der Waals surface area contributed by atoms with Crippen molar-refractivity contribution in [1.29, 1.82) is 0 Å². The van der Waals surface area contributed by atoms with Gasteiger partial charge in [0.1, 0.15) is 0 Å². The van der Waals surface area contributed by atoms with Gasteiger partial charge in [0.05, 0.1) is 11.1 Å². The SMILES string of the molecule is CCCCCCCC(N)C1=NCCS1. The Labute approximate surface area is 91.7 Å². The Morgan fingerprint density at radius 2 is 2.14 bits per heavy atom. The van der Waals surface area contributed by atoms with Gasteiger partial charge in [-0.2, -0.15) is 0 Å². The first-order chi connectivity index (χ1) is 6.84. The van der Waals surface area contributed by atoms with E-state index in [2.05, 4.69) is 11.9 Å². The summed E-state index contributed by atoms with van der Waals surface area (Å²) in [5.41, 5.74) is 6.04. The molecule has 1 heterocycles. The third-order valence-electron chi connectivity index (χ3n) is 2.54. The van der Waals surface area contributed by atoms with Gasteiger partial charge in [-0.05, 0) is 6.42 Å². The predicted octanol–water partition coefficient (Wildman–Crippen LogP) is 2.82. The molecule has 0 aromatic rings. The van der Waals surface area contributed by atoms with Crippen LogP contribution in [-0.2, 0) is 0 Å². The third kappa shape index (κ3) is 4.47. The van der Waals surface area contributed by atoms with Gasteiger partial charge in [-0.1, -0.05) is 39.0 Å². The van der Waals surface area contributed by atoms with Crippen molar-refractivity contribution < 1.29 is 0 Å². The van der Waals surface area contributed by atoms with E-state index in [1.807, 2.05) is 11.8 Å². The van der Waals surface area contributed by atoms with Gasteiger partial charge in [0, 0.05) is 12.3 Å². The van der Waals surface area contributed by atoms with Crippen LogP contribution in [0.4, 0.5) is 0 Å². The lowest BCUT2D eigenvalue weighted by Crippen LogP contribution is -2.27. The van der Waals surface area contributed by atoms with E-state index in [-0.39, 0.29) is 6.04 Å². The fourth-order valence-electron chi connectivity index (χ4n) is 1.67. The van der Waals surface area contributed by atoms with E-state index in [1.165, 1.54) is 37.1 Å². The van der Waals surface area contributed by atoms with Crippen molar-refractivity contribution in [2.24, 2.45) is 10.7 Å². The molecule has 1 rings (SSSR count). The first-order valence-corrected chi connectivity index (χ1v) is 6.76. The average molecular weight is 214 g/mol. The summed E-state index contributed by atoms with van der Waals surface area (Å²) in [6.45, 7) is 3.22. The van der Waals surface area contributed by atoms with Crippen LogP contribution in [0.25, 0.3) is 0 Å². The highest BCUT2D eigenvalue weighted by Gasteiger charge is 2.14. The van der Waals surface area contributed by atoms with Crippen molar-refractivity contribution in [2.75, 3.05) is 12.3 Å². The third-order valence-corrected chi connectivity index (χ3v) is 3.66. The second kappa shape index (κ2) is 7.30. The standard InChI is InChI=1S/C11H22N2S/c1-2-3-4-5-6-7-10(12)11-13-8-9-14-11/h10H,2-9,12H2,1H3. The zero-order valence-corrected chi connectivity index (χ0v) is 9.98. The maximum Gasteiger partial charge on any atom is 0.0844 e. The van der Waals surface area contributed by atoms with E-state index in [4.69, 9.17) is 5.73 Å². The molecule has 0 fully saturated rings. The van der Waals surface area contributed by atoms with Gasteiger partial charge in [-0.25, -0.2) is 0 Å². The molecule has 14 heavy (non-hydrogen) atoms. The van der Waals surface area contributed by atoms with Crippen LogP contribution in [0.3, 0.4) is 0 Å². The average Bonchev–Trinajstić information content (AvgIpc) is 2.70. The number of unbranched alkanes of at least 4 members (excludes halogenated alkanes) is 4. The van der Waals surface area contributed by atoms with Crippen LogP contribution < -0.4 is 5.73 Å². The highest BCUT2D eigenvalue weighted by atomic mass is 32.2. The molecular formula is C11H22N2S. The molecule has 0 aromatic heterocycles. The summed E-state index contributed by atoms with van der Waals surface area (Å²) in [5, 5.41) is 1.19. The normalized spacial score (nSPS) is 18.3. The summed E-state index contributed by atoms with van der Waals surface area (Å²) in [5.74, 6) is 1.14. The number of nitrogens with zero attached hydrogens (tertiary/aromatic N) is 1. The molecule has 0 aliphatic carbocycles. The van der Waals surface area contributed by atoms with E-state index in [0.717, 1.165) is 18.7 Å². The molecule has 0 radical (unpaired) electrons. The minimum Gasteiger partial charge on any atom is -0.322 e. The summed E-state index contributed by atoms with van der Waals surface area (Å²) in [4.78, 5) is 4.41. The minimum atomic E-state index is 0.226. The molecule has 3 heteroatoms. The van der Waals surface area contributed by atoms with E-state index < -0.39 is 0 Å². The summed E-state index contributed by atoms with van der Waals surface area (Å²) in [6.07, 6.45) is 7.76. The molecule has 82 valence electrons. The monoisotopic (exact) mass is 214 g/mol. The molecule has 1 aliphatic heterocycles. The second-order valence-electron chi connectivity index (χ2n) is 3.88.